The second-order valence-corrected chi connectivity index (χ2v) is 8.65. The van der Waals surface area contributed by atoms with E-state index in [1.807, 2.05) is 30.3 Å². The predicted octanol–water partition coefficient (Wildman–Crippen LogP) is 5.30. The molecule has 0 atom stereocenters. The minimum atomic E-state index is -4.84. The van der Waals surface area contributed by atoms with Crippen molar-refractivity contribution < 1.29 is 22.7 Å². The number of amides is 1. The third-order valence-corrected chi connectivity index (χ3v) is 6.31. The topological polar surface area (TPSA) is 75.3 Å². The number of nitrogens with zero attached hydrogens (tertiary/aromatic N) is 3. The molecule has 0 radical (unpaired) electrons. The van der Waals surface area contributed by atoms with E-state index in [-0.39, 0.29) is 31.9 Å². The number of likely N-dealkylation sites (tertiary alicyclic amines) is 1. The van der Waals surface area contributed by atoms with Crippen LogP contribution >= 0.6 is 0 Å². The van der Waals surface area contributed by atoms with Crippen LogP contribution in [0.4, 0.5) is 18.0 Å². The lowest BCUT2D eigenvalue weighted by Gasteiger charge is -2.33. The molecule has 4 rings (SSSR count). The van der Waals surface area contributed by atoms with Gasteiger partial charge < -0.3 is 14.2 Å². The van der Waals surface area contributed by atoms with E-state index >= 15 is 0 Å². The Balaban J connectivity index is 1.57. The van der Waals surface area contributed by atoms with Gasteiger partial charge >= 0.3 is 12.3 Å². The van der Waals surface area contributed by atoms with E-state index in [0.717, 1.165) is 17.2 Å². The number of benzene rings is 2. The van der Waals surface area contributed by atoms with E-state index in [0.29, 0.717) is 12.8 Å². The minimum absolute atomic E-state index is 0.0428. The lowest BCUT2D eigenvalue weighted by atomic mass is 9.91. The van der Waals surface area contributed by atoms with Crippen LogP contribution in [0.5, 0.6) is 0 Å². The van der Waals surface area contributed by atoms with Crippen LogP contribution in [0.2, 0.25) is 0 Å². The molecule has 1 aliphatic rings. The monoisotopic (exact) mass is 495 g/mol. The van der Waals surface area contributed by atoms with Crippen LogP contribution < -0.4 is 5.56 Å². The maximum atomic E-state index is 13.7. The highest BCUT2D eigenvalue weighted by molar-refractivity contribution is 5.67. The quantitative estimate of drug-likeness (QED) is 0.481. The molecular formula is C27H24F3N3O3. The van der Waals surface area contributed by atoms with E-state index in [4.69, 9.17) is 4.74 Å². The zero-order valence-electron chi connectivity index (χ0n) is 19.4. The van der Waals surface area contributed by atoms with Gasteiger partial charge in [-0.25, -0.2) is 4.79 Å². The van der Waals surface area contributed by atoms with Gasteiger partial charge in [0, 0.05) is 24.7 Å². The molecule has 1 aromatic heterocycles. The first kappa shape index (κ1) is 25.0. The van der Waals surface area contributed by atoms with Gasteiger partial charge in [0.15, 0.2) is 0 Å². The molecule has 36 heavy (non-hydrogen) atoms. The molecule has 0 bridgehead atoms. The van der Waals surface area contributed by atoms with Crippen molar-refractivity contribution >= 4 is 6.09 Å². The number of pyridine rings is 1. The van der Waals surface area contributed by atoms with Gasteiger partial charge in [-0.05, 0) is 30.0 Å². The summed E-state index contributed by atoms with van der Waals surface area (Å²) in [5, 5.41) is 9.36. The first-order valence-electron chi connectivity index (χ1n) is 11.5. The highest BCUT2D eigenvalue weighted by Gasteiger charge is 2.38. The molecule has 0 N–H and O–H groups in total. The maximum Gasteiger partial charge on any atom is 0.417 e. The lowest BCUT2D eigenvalue weighted by molar-refractivity contribution is -0.138. The third kappa shape index (κ3) is 5.60. The number of nitriles is 1. The first-order chi connectivity index (χ1) is 17.3. The molecule has 3 aromatic rings. The van der Waals surface area contributed by atoms with Crippen LogP contribution in [-0.4, -0.2) is 28.6 Å². The summed E-state index contributed by atoms with van der Waals surface area (Å²) in [6, 6.07) is 20.5. The molecule has 0 unspecified atom stereocenters. The van der Waals surface area contributed by atoms with Crippen LogP contribution in [0.3, 0.4) is 0 Å². The summed E-state index contributed by atoms with van der Waals surface area (Å²) in [6.45, 7) is 0.722. The normalized spacial score (nSPS) is 14.3. The number of alkyl halides is 3. The van der Waals surface area contributed by atoms with Crippen molar-refractivity contribution in [2.24, 2.45) is 0 Å². The van der Waals surface area contributed by atoms with Crippen LogP contribution in [0.25, 0.3) is 0 Å². The van der Waals surface area contributed by atoms with Crippen molar-refractivity contribution in [3.63, 3.8) is 0 Å². The Kier molecular flexibility index (Phi) is 7.44. The van der Waals surface area contributed by atoms with Crippen LogP contribution in [0.1, 0.15) is 46.7 Å². The summed E-state index contributed by atoms with van der Waals surface area (Å²) in [5.74, 6) is -0.395. The van der Waals surface area contributed by atoms with Crippen molar-refractivity contribution in [3.8, 4) is 6.07 Å². The lowest BCUT2D eigenvalue weighted by Crippen LogP contribution is -2.40. The molecule has 0 spiro atoms. The van der Waals surface area contributed by atoms with E-state index < -0.39 is 34.9 Å². The predicted molar refractivity (Wildman–Crippen MR) is 126 cm³/mol. The van der Waals surface area contributed by atoms with Crippen molar-refractivity contribution in [1.82, 2.24) is 9.47 Å². The Labute approximate surface area is 206 Å². The highest BCUT2D eigenvalue weighted by atomic mass is 19.4. The Morgan fingerprint density at radius 2 is 1.58 bits per heavy atom. The number of aromatic nitrogens is 1. The molecule has 1 amide bonds. The zero-order valence-corrected chi connectivity index (χ0v) is 19.4. The van der Waals surface area contributed by atoms with Gasteiger partial charge in [-0.1, -0.05) is 60.7 Å². The zero-order chi connectivity index (χ0) is 25.7. The Bertz CT molecular complexity index is 1310. The van der Waals surface area contributed by atoms with Crippen LogP contribution in [0.15, 0.2) is 71.5 Å². The molecule has 186 valence electrons. The Hall–Kier alpha value is -4.06. The van der Waals surface area contributed by atoms with E-state index in [1.54, 1.807) is 30.3 Å². The minimum Gasteiger partial charge on any atom is -0.445 e. The van der Waals surface area contributed by atoms with Crippen molar-refractivity contribution in [2.45, 2.75) is 38.1 Å². The highest BCUT2D eigenvalue weighted by Crippen LogP contribution is 2.35. The number of halogens is 3. The summed E-state index contributed by atoms with van der Waals surface area (Å²) >= 11 is 0. The molecule has 1 aliphatic heterocycles. The fourth-order valence-electron chi connectivity index (χ4n) is 4.43. The SMILES string of the molecule is N#Cc1c(C(F)(F)F)cc(C2CCN(C(=O)OCc3ccccc3)CC2)n(Cc2ccccc2)c1=O. The summed E-state index contributed by atoms with van der Waals surface area (Å²) in [6.07, 6.45) is -4.61. The molecule has 2 aromatic carbocycles. The van der Waals surface area contributed by atoms with E-state index in [9.17, 15) is 28.0 Å². The molecule has 0 aliphatic carbocycles. The second-order valence-electron chi connectivity index (χ2n) is 8.65. The van der Waals surface area contributed by atoms with Crippen molar-refractivity contribution in [2.75, 3.05) is 13.1 Å². The number of carbonyl (C=O) groups excluding carboxylic acids is 1. The Morgan fingerprint density at radius 1 is 1.00 bits per heavy atom. The standard InChI is InChI=1S/C27H24F3N3O3/c28-27(29,30)23-15-24(33(25(34)22(23)16-31)17-19-7-3-1-4-8-19)21-11-13-32(14-12-21)26(35)36-18-20-9-5-2-6-10-20/h1-10,15,21H,11-14,17-18H2. The van der Waals surface area contributed by atoms with Gasteiger partial charge in [0.2, 0.25) is 0 Å². The molecule has 1 fully saturated rings. The number of rotatable bonds is 5. The van der Waals surface area contributed by atoms with Gasteiger partial charge in [0.1, 0.15) is 18.2 Å². The third-order valence-electron chi connectivity index (χ3n) is 6.31. The molecule has 9 heteroatoms. The number of piperidine rings is 1. The van der Waals surface area contributed by atoms with Crippen molar-refractivity contribution in [3.05, 3.63) is 105 Å². The first-order valence-corrected chi connectivity index (χ1v) is 11.5. The average molecular weight is 496 g/mol. The fourth-order valence-corrected chi connectivity index (χ4v) is 4.43. The largest absolute Gasteiger partial charge is 0.445 e. The molecule has 6 nitrogen and oxygen atoms in total. The average Bonchev–Trinajstić information content (AvgIpc) is 2.89. The van der Waals surface area contributed by atoms with Gasteiger partial charge in [-0.15, -0.1) is 0 Å². The Morgan fingerprint density at radius 3 is 2.14 bits per heavy atom. The van der Waals surface area contributed by atoms with Crippen LogP contribution in [0, 0.1) is 11.3 Å². The molecular weight excluding hydrogens is 471 g/mol. The summed E-state index contributed by atoms with van der Waals surface area (Å²) in [4.78, 5) is 27.1. The van der Waals surface area contributed by atoms with Gasteiger partial charge in [-0.2, -0.15) is 18.4 Å². The summed E-state index contributed by atoms with van der Waals surface area (Å²) < 4.78 is 47.9. The number of hydrogen-bond acceptors (Lipinski definition) is 4. The second kappa shape index (κ2) is 10.7. The number of hydrogen-bond donors (Lipinski definition) is 0. The van der Waals surface area contributed by atoms with E-state index in [2.05, 4.69) is 0 Å². The van der Waals surface area contributed by atoms with Crippen molar-refractivity contribution in [1.29, 1.82) is 5.26 Å². The number of ether oxygens (including phenoxy) is 1. The maximum absolute atomic E-state index is 13.7. The van der Waals surface area contributed by atoms with Gasteiger partial charge in [-0.3, -0.25) is 4.79 Å². The van der Waals surface area contributed by atoms with Gasteiger partial charge in [0.05, 0.1) is 12.1 Å². The molecule has 1 saturated heterocycles. The number of carbonyl (C=O) groups is 1. The fraction of sp³-hybridized carbons (Fsp3) is 0.296. The van der Waals surface area contributed by atoms with E-state index in [1.165, 1.54) is 15.5 Å². The molecule has 2 heterocycles. The summed E-state index contributed by atoms with van der Waals surface area (Å²) in [7, 11) is 0. The molecule has 0 saturated carbocycles. The smallest absolute Gasteiger partial charge is 0.417 e. The summed E-state index contributed by atoms with van der Waals surface area (Å²) in [5.41, 5.74) is -1.30. The van der Waals surface area contributed by atoms with Gasteiger partial charge in [0.25, 0.3) is 5.56 Å². The van der Waals surface area contributed by atoms with Crippen LogP contribution in [-0.2, 0) is 24.1 Å².